The van der Waals surface area contributed by atoms with Crippen LogP contribution in [0.3, 0.4) is 0 Å². The highest BCUT2D eigenvalue weighted by Gasteiger charge is 2.18. The van der Waals surface area contributed by atoms with Gasteiger partial charge in [0.25, 0.3) is 0 Å². The zero-order valence-corrected chi connectivity index (χ0v) is 8.63. The fourth-order valence-corrected chi connectivity index (χ4v) is 1.71. The zero-order chi connectivity index (χ0) is 7.40. The molecule has 0 N–H and O–H groups in total. The van der Waals surface area contributed by atoms with Gasteiger partial charge in [-0.2, -0.15) is 0 Å². The minimum atomic E-state index is 0. The number of rotatable bonds is 3. The third-order valence-corrected chi connectivity index (χ3v) is 2.54. The van der Waals surface area contributed by atoms with Gasteiger partial charge in [0.15, 0.2) is 0 Å². The van der Waals surface area contributed by atoms with E-state index >= 15 is 0 Å². The van der Waals surface area contributed by atoms with Gasteiger partial charge in [-0.1, -0.05) is 0 Å². The van der Waals surface area contributed by atoms with Crippen molar-refractivity contribution in [2.24, 2.45) is 0 Å². The van der Waals surface area contributed by atoms with Gasteiger partial charge in [0.2, 0.25) is 0 Å². The quantitative estimate of drug-likeness (QED) is 0.630. The molecule has 3 heteroatoms. The lowest BCUT2D eigenvalue weighted by Gasteiger charge is -2.19. The van der Waals surface area contributed by atoms with Gasteiger partial charge in [-0.25, -0.2) is 0 Å². The third kappa shape index (κ3) is 3.64. The van der Waals surface area contributed by atoms with Crippen LogP contribution in [0.1, 0.15) is 26.2 Å². The summed E-state index contributed by atoms with van der Waals surface area (Å²) in [7, 11) is 0. The first-order valence-corrected chi connectivity index (χ1v) is 4.68. The average molecular weight is 198 g/mol. The predicted octanol–water partition coefficient (Wildman–Crippen LogP) is 2.52. The summed E-state index contributed by atoms with van der Waals surface area (Å²) in [6.07, 6.45) is 3.90. The van der Waals surface area contributed by atoms with Crippen LogP contribution < -0.4 is 0 Å². The van der Waals surface area contributed by atoms with Gasteiger partial charge in [0.05, 0.1) is 0 Å². The molecular weight excluding hydrogens is 181 g/mol. The van der Waals surface area contributed by atoms with Crippen LogP contribution in [0.5, 0.6) is 0 Å². The van der Waals surface area contributed by atoms with Crippen molar-refractivity contribution in [1.82, 2.24) is 4.90 Å². The fourth-order valence-electron chi connectivity index (χ4n) is 1.59. The lowest BCUT2D eigenvalue weighted by molar-refractivity contribution is 0.270. The number of likely N-dealkylation sites (tertiary alicyclic amines) is 1. The van der Waals surface area contributed by atoms with E-state index in [1.54, 1.807) is 0 Å². The molecule has 0 radical (unpaired) electrons. The first-order chi connectivity index (χ1) is 4.84. The summed E-state index contributed by atoms with van der Waals surface area (Å²) in [5.74, 6) is 0.809. The molecule has 1 saturated heterocycles. The molecule has 1 aliphatic rings. The van der Waals surface area contributed by atoms with Gasteiger partial charge in [-0.05, 0) is 39.3 Å². The van der Waals surface area contributed by atoms with E-state index in [2.05, 4.69) is 11.8 Å². The molecule has 1 rings (SSSR count). The standard InChI is InChI=1S/C8H16ClN.ClH/c1-8-4-2-6-10(8)7-3-5-9;/h8H,2-7H2,1H3;1H/t8-;/m0./s1. The maximum Gasteiger partial charge on any atom is 0.0235 e. The van der Waals surface area contributed by atoms with Crippen LogP contribution in [0.2, 0.25) is 0 Å². The molecule has 0 saturated carbocycles. The van der Waals surface area contributed by atoms with Gasteiger partial charge in [-0.3, -0.25) is 0 Å². The minimum absolute atomic E-state index is 0. The van der Waals surface area contributed by atoms with Gasteiger partial charge < -0.3 is 4.90 Å². The number of hydrogen-bond acceptors (Lipinski definition) is 1. The van der Waals surface area contributed by atoms with Crippen LogP contribution in [0.4, 0.5) is 0 Å². The highest BCUT2D eigenvalue weighted by molar-refractivity contribution is 6.17. The molecule has 0 bridgehead atoms. The lowest BCUT2D eigenvalue weighted by Crippen LogP contribution is -2.27. The molecule has 1 fully saturated rings. The molecule has 11 heavy (non-hydrogen) atoms. The predicted molar refractivity (Wildman–Crippen MR) is 52.9 cm³/mol. The maximum absolute atomic E-state index is 5.60. The molecular formula is C8H17Cl2N. The molecule has 0 aromatic carbocycles. The van der Waals surface area contributed by atoms with Crippen molar-refractivity contribution in [3.05, 3.63) is 0 Å². The van der Waals surface area contributed by atoms with Crippen molar-refractivity contribution >= 4 is 24.0 Å². The first-order valence-electron chi connectivity index (χ1n) is 4.14. The highest BCUT2D eigenvalue weighted by atomic mass is 35.5. The topological polar surface area (TPSA) is 3.24 Å². The Bertz CT molecular complexity index is 98.1. The summed E-state index contributed by atoms with van der Waals surface area (Å²) in [6.45, 7) is 4.80. The van der Waals surface area contributed by atoms with Crippen LogP contribution in [-0.2, 0) is 0 Å². The third-order valence-electron chi connectivity index (χ3n) is 2.27. The largest absolute Gasteiger partial charge is 0.301 e. The zero-order valence-electron chi connectivity index (χ0n) is 7.05. The lowest BCUT2D eigenvalue weighted by atomic mass is 10.2. The summed E-state index contributed by atoms with van der Waals surface area (Å²) in [6, 6.07) is 0.809. The van der Waals surface area contributed by atoms with Crippen molar-refractivity contribution in [3.63, 3.8) is 0 Å². The molecule has 1 heterocycles. The van der Waals surface area contributed by atoms with Gasteiger partial charge in [0, 0.05) is 11.9 Å². The number of alkyl halides is 1. The Kier molecular flexibility index (Phi) is 6.40. The normalized spacial score (nSPS) is 25.1. The van der Waals surface area contributed by atoms with Crippen molar-refractivity contribution in [3.8, 4) is 0 Å². The molecule has 1 aliphatic heterocycles. The van der Waals surface area contributed by atoms with E-state index in [-0.39, 0.29) is 12.4 Å². The maximum atomic E-state index is 5.60. The van der Waals surface area contributed by atoms with E-state index in [4.69, 9.17) is 11.6 Å². The van der Waals surface area contributed by atoms with E-state index in [0.717, 1.165) is 18.3 Å². The molecule has 0 aliphatic carbocycles. The number of nitrogens with zero attached hydrogens (tertiary/aromatic N) is 1. The molecule has 1 nitrogen and oxygen atoms in total. The van der Waals surface area contributed by atoms with Crippen LogP contribution in [0.15, 0.2) is 0 Å². The monoisotopic (exact) mass is 197 g/mol. The SMILES string of the molecule is C[C@H]1CCCN1CCCCl.Cl. The molecule has 0 aromatic rings. The van der Waals surface area contributed by atoms with Crippen molar-refractivity contribution in [2.45, 2.75) is 32.2 Å². The van der Waals surface area contributed by atoms with Crippen LogP contribution in [0, 0.1) is 0 Å². The Hall–Kier alpha value is 0.540. The number of halogens is 2. The van der Waals surface area contributed by atoms with E-state index in [1.807, 2.05) is 0 Å². The van der Waals surface area contributed by atoms with Crippen molar-refractivity contribution < 1.29 is 0 Å². The van der Waals surface area contributed by atoms with E-state index in [0.29, 0.717) is 0 Å². The Balaban J connectivity index is 0.000001000. The molecule has 0 spiro atoms. The smallest absolute Gasteiger partial charge is 0.0235 e. The fraction of sp³-hybridized carbons (Fsp3) is 1.00. The molecule has 0 aromatic heterocycles. The summed E-state index contributed by atoms with van der Waals surface area (Å²) in [5, 5.41) is 0. The summed E-state index contributed by atoms with van der Waals surface area (Å²) < 4.78 is 0. The van der Waals surface area contributed by atoms with E-state index < -0.39 is 0 Å². The van der Waals surface area contributed by atoms with E-state index in [9.17, 15) is 0 Å². The molecule has 0 unspecified atom stereocenters. The Morgan fingerprint density at radius 2 is 2.27 bits per heavy atom. The van der Waals surface area contributed by atoms with Gasteiger partial charge >= 0.3 is 0 Å². The van der Waals surface area contributed by atoms with E-state index in [1.165, 1.54) is 25.9 Å². The Labute approximate surface area is 80.5 Å². The Morgan fingerprint density at radius 1 is 1.55 bits per heavy atom. The summed E-state index contributed by atoms with van der Waals surface area (Å²) >= 11 is 5.60. The second-order valence-corrected chi connectivity index (χ2v) is 3.45. The second-order valence-electron chi connectivity index (χ2n) is 3.07. The summed E-state index contributed by atoms with van der Waals surface area (Å²) in [4.78, 5) is 2.53. The number of hydrogen-bond donors (Lipinski definition) is 0. The highest BCUT2D eigenvalue weighted by Crippen LogP contribution is 2.15. The van der Waals surface area contributed by atoms with Crippen LogP contribution in [0.25, 0.3) is 0 Å². The Morgan fingerprint density at radius 3 is 2.73 bits per heavy atom. The average Bonchev–Trinajstić information content (AvgIpc) is 2.31. The molecule has 0 amide bonds. The molecule has 68 valence electrons. The van der Waals surface area contributed by atoms with Crippen molar-refractivity contribution in [2.75, 3.05) is 19.0 Å². The van der Waals surface area contributed by atoms with Crippen LogP contribution in [-0.4, -0.2) is 29.9 Å². The minimum Gasteiger partial charge on any atom is -0.301 e. The van der Waals surface area contributed by atoms with Crippen LogP contribution >= 0.6 is 24.0 Å². The first kappa shape index (κ1) is 11.5. The van der Waals surface area contributed by atoms with Gasteiger partial charge in [-0.15, -0.1) is 24.0 Å². The second kappa shape index (κ2) is 6.10. The molecule has 1 atom stereocenters. The van der Waals surface area contributed by atoms with Crippen molar-refractivity contribution in [1.29, 1.82) is 0 Å². The summed E-state index contributed by atoms with van der Waals surface area (Å²) in [5.41, 5.74) is 0. The van der Waals surface area contributed by atoms with Gasteiger partial charge in [0.1, 0.15) is 0 Å².